The van der Waals surface area contributed by atoms with E-state index in [1.165, 1.54) is 0 Å². The van der Waals surface area contributed by atoms with Crippen molar-refractivity contribution in [1.29, 1.82) is 0 Å². The third kappa shape index (κ3) is 3.91. The summed E-state index contributed by atoms with van der Waals surface area (Å²) in [5.74, 6) is 0.663. The molecule has 3 nitrogen and oxygen atoms in total. The van der Waals surface area contributed by atoms with Gasteiger partial charge < -0.3 is 15.2 Å². The van der Waals surface area contributed by atoms with E-state index in [0.29, 0.717) is 23.1 Å². The Balaban J connectivity index is 2.49. The summed E-state index contributed by atoms with van der Waals surface area (Å²) in [7, 11) is 1.69. The molecule has 0 saturated carbocycles. The summed E-state index contributed by atoms with van der Waals surface area (Å²) in [6.45, 7) is 4.59. The minimum absolute atomic E-state index is 0.179. The van der Waals surface area contributed by atoms with Gasteiger partial charge in [-0.3, -0.25) is 0 Å². The van der Waals surface area contributed by atoms with Crippen LogP contribution in [0.3, 0.4) is 0 Å². The Kier molecular flexibility index (Phi) is 4.44. The molecule has 1 rings (SSSR count). The monoisotopic (exact) mass is 243 g/mol. The maximum absolute atomic E-state index is 5.79. The Bertz CT molecular complexity index is 353. The number of rotatable bonds is 5. The van der Waals surface area contributed by atoms with Crippen LogP contribution in [0.15, 0.2) is 18.2 Å². The van der Waals surface area contributed by atoms with E-state index in [-0.39, 0.29) is 5.60 Å². The zero-order valence-corrected chi connectivity index (χ0v) is 10.7. The Hall–Kier alpha value is -0.930. The third-order valence-electron chi connectivity index (χ3n) is 2.49. The average Bonchev–Trinajstić information content (AvgIpc) is 2.21. The summed E-state index contributed by atoms with van der Waals surface area (Å²) in [5, 5.41) is 0.613. The fourth-order valence-electron chi connectivity index (χ4n) is 1.16. The van der Waals surface area contributed by atoms with Crippen LogP contribution in [0.4, 0.5) is 5.69 Å². The lowest BCUT2D eigenvalue weighted by atomic mass is 10.1. The van der Waals surface area contributed by atoms with Gasteiger partial charge in [-0.25, -0.2) is 0 Å². The number of halogens is 1. The van der Waals surface area contributed by atoms with Gasteiger partial charge in [-0.05, 0) is 32.0 Å². The maximum atomic E-state index is 5.79. The molecular weight excluding hydrogens is 226 g/mol. The van der Waals surface area contributed by atoms with Gasteiger partial charge in [0, 0.05) is 18.6 Å². The molecule has 4 heteroatoms. The highest BCUT2D eigenvalue weighted by Crippen LogP contribution is 2.25. The Labute approximate surface area is 101 Å². The minimum Gasteiger partial charge on any atom is -0.491 e. The van der Waals surface area contributed by atoms with E-state index >= 15 is 0 Å². The molecule has 0 aliphatic heterocycles. The van der Waals surface area contributed by atoms with Gasteiger partial charge in [0.1, 0.15) is 5.75 Å². The van der Waals surface area contributed by atoms with Crippen molar-refractivity contribution < 1.29 is 9.47 Å². The molecule has 1 aromatic carbocycles. The van der Waals surface area contributed by atoms with E-state index in [1.54, 1.807) is 25.3 Å². The van der Waals surface area contributed by atoms with Crippen molar-refractivity contribution in [3.63, 3.8) is 0 Å². The first-order valence-corrected chi connectivity index (χ1v) is 5.55. The van der Waals surface area contributed by atoms with Crippen LogP contribution < -0.4 is 10.5 Å². The Morgan fingerprint density at radius 1 is 1.38 bits per heavy atom. The highest BCUT2D eigenvalue weighted by Gasteiger charge is 2.16. The Morgan fingerprint density at radius 3 is 2.62 bits per heavy atom. The molecule has 0 atom stereocenters. The number of ether oxygens (including phenoxy) is 2. The molecule has 2 N–H and O–H groups in total. The second-order valence-electron chi connectivity index (χ2n) is 4.24. The molecule has 0 fully saturated rings. The van der Waals surface area contributed by atoms with E-state index in [0.717, 1.165) is 6.42 Å². The topological polar surface area (TPSA) is 44.5 Å². The lowest BCUT2D eigenvalue weighted by Gasteiger charge is -2.22. The first-order valence-electron chi connectivity index (χ1n) is 5.17. The number of hydrogen-bond acceptors (Lipinski definition) is 3. The van der Waals surface area contributed by atoms with Crippen molar-refractivity contribution >= 4 is 17.3 Å². The molecule has 90 valence electrons. The van der Waals surface area contributed by atoms with Crippen LogP contribution in [-0.2, 0) is 4.74 Å². The number of nitrogens with two attached hydrogens (primary N) is 1. The predicted molar refractivity (Wildman–Crippen MR) is 67.1 cm³/mol. The smallest absolute Gasteiger partial charge is 0.142 e. The van der Waals surface area contributed by atoms with E-state index < -0.39 is 0 Å². The second-order valence-corrected chi connectivity index (χ2v) is 4.68. The number of methoxy groups -OCH3 is 1. The molecule has 0 unspecified atom stereocenters. The van der Waals surface area contributed by atoms with Gasteiger partial charge in [-0.1, -0.05) is 11.6 Å². The Morgan fingerprint density at radius 2 is 2.06 bits per heavy atom. The minimum atomic E-state index is -0.179. The van der Waals surface area contributed by atoms with Gasteiger partial charge in [0.2, 0.25) is 0 Å². The van der Waals surface area contributed by atoms with Gasteiger partial charge in [-0.15, -0.1) is 0 Å². The number of anilines is 1. The highest BCUT2D eigenvalue weighted by atomic mass is 35.5. The van der Waals surface area contributed by atoms with E-state index in [1.807, 2.05) is 13.8 Å². The van der Waals surface area contributed by atoms with Crippen molar-refractivity contribution in [2.75, 3.05) is 19.5 Å². The zero-order chi connectivity index (χ0) is 12.2. The summed E-state index contributed by atoms with van der Waals surface area (Å²) in [6, 6.07) is 5.21. The largest absolute Gasteiger partial charge is 0.491 e. The van der Waals surface area contributed by atoms with Crippen LogP contribution in [0.25, 0.3) is 0 Å². The van der Waals surface area contributed by atoms with Crippen molar-refractivity contribution in [3.05, 3.63) is 23.2 Å². The summed E-state index contributed by atoms with van der Waals surface area (Å²) >= 11 is 5.79. The summed E-state index contributed by atoms with van der Waals surface area (Å²) in [5.41, 5.74) is 6.14. The standard InChI is InChI=1S/C12H18ClNO2/c1-12(2,15-3)6-7-16-11-5-4-9(13)8-10(11)14/h4-5,8H,6-7,14H2,1-3H3. The van der Waals surface area contributed by atoms with E-state index in [2.05, 4.69) is 0 Å². The lowest BCUT2D eigenvalue weighted by molar-refractivity contribution is 0.00551. The van der Waals surface area contributed by atoms with Crippen molar-refractivity contribution in [3.8, 4) is 5.75 Å². The summed E-state index contributed by atoms with van der Waals surface area (Å²) < 4.78 is 10.9. The summed E-state index contributed by atoms with van der Waals surface area (Å²) in [4.78, 5) is 0. The molecule has 0 amide bonds. The first kappa shape index (κ1) is 13.1. The van der Waals surface area contributed by atoms with Crippen LogP contribution in [0, 0.1) is 0 Å². The zero-order valence-electron chi connectivity index (χ0n) is 9.92. The molecular formula is C12H18ClNO2. The molecule has 0 saturated heterocycles. The normalized spacial score (nSPS) is 11.5. The molecule has 0 radical (unpaired) electrons. The summed E-state index contributed by atoms with van der Waals surface area (Å²) in [6.07, 6.45) is 0.797. The molecule has 0 spiro atoms. The van der Waals surface area contributed by atoms with Crippen molar-refractivity contribution in [1.82, 2.24) is 0 Å². The predicted octanol–water partition coefficient (Wildman–Crippen LogP) is 3.12. The third-order valence-corrected chi connectivity index (χ3v) is 2.72. The van der Waals surface area contributed by atoms with Gasteiger partial charge in [0.25, 0.3) is 0 Å². The van der Waals surface area contributed by atoms with E-state index in [9.17, 15) is 0 Å². The second kappa shape index (κ2) is 5.41. The van der Waals surface area contributed by atoms with Crippen LogP contribution >= 0.6 is 11.6 Å². The molecule has 1 aromatic rings. The molecule has 0 bridgehead atoms. The van der Waals surface area contributed by atoms with Gasteiger partial charge in [-0.2, -0.15) is 0 Å². The number of hydrogen-bond donors (Lipinski definition) is 1. The molecule has 0 heterocycles. The van der Waals surface area contributed by atoms with Crippen LogP contribution in [0.1, 0.15) is 20.3 Å². The average molecular weight is 244 g/mol. The molecule has 0 aliphatic rings. The van der Waals surface area contributed by atoms with Crippen molar-refractivity contribution in [2.24, 2.45) is 0 Å². The molecule has 0 aromatic heterocycles. The van der Waals surface area contributed by atoms with E-state index in [4.69, 9.17) is 26.8 Å². The lowest BCUT2D eigenvalue weighted by Crippen LogP contribution is -2.25. The highest BCUT2D eigenvalue weighted by molar-refractivity contribution is 6.30. The SMILES string of the molecule is COC(C)(C)CCOc1ccc(Cl)cc1N. The molecule has 16 heavy (non-hydrogen) atoms. The number of benzene rings is 1. The van der Waals surface area contributed by atoms with Gasteiger partial charge in [0.15, 0.2) is 0 Å². The van der Waals surface area contributed by atoms with Gasteiger partial charge >= 0.3 is 0 Å². The fourth-order valence-corrected chi connectivity index (χ4v) is 1.34. The molecule has 0 aliphatic carbocycles. The van der Waals surface area contributed by atoms with Crippen LogP contribution in [0.2, 0.25) is 5.02 Å². The number of nitrogen functional groups attached to an aromatic ring is 1. The van der Waals surface area contributed by atoms with Gasteiger partial charge in [0.05, 0.1) is 17.9 Å². The fraction of sp³-hybridized carbons (Fsp3) is 0.500. The quantitative estimate of drug-likeness (QED) is 0.809. The maximum Gasteiger partial charge on any atom is 0.142 e. The van der Waals surface area contributed by atoms with Crippen LogP contribution in [0.5, 0.6) is 5.75 Å². The van der Waals surface area contributed by atoms with Crippen LogP contribution in [-0.4, -0.2) is 19.3 Å². The van der Waals surface area contributed by atoms with Crippen molar-refractivity contribution in [2.45, 2.75) is 25.9 Å². The first-order chi connectivity index (χ1) is 7.44.